The second kappa shape index (κ2) is 7.72. The number of benzene rings is 1. The molecule has 6 N–H and O–H groups in total. The van der Waals surface area contributed by atoms with Crippen LogP contribution in [-0.2, 0) is 11.2 Å². The van der Waals surface area contributed by atoms with Crippen LogP contribution in [0.5, 0.6) is 0 Å². The Morgan fingerprint density at radius 1 is 1.32 bits per heavy atom. The molecule has 0 saturated carbocycles. The van der Waals surface area contributed by atoms with Gasteiger partial charge in [0.05, 0.1) is 11.6 Å². The third-order valence-corrected chi connectivity index (χ3v) is 5.02. The number of hydrogen-bond donors (Lipinski definition) is 4. The van der Waals surface area contributed by atoms with Crippen LogP contribution in [0.4, 0.5) is 13.6 Å². The Morgan fingerprint density at radius 3 is 2.77 bits per heavy atom. The zero-order chi connectivity index (χ0) is 22.3. The lowest BCUT2D eigenvalue weighted by Gasteiger charge is -2.35. The number of rotatable bonds is 4. The molecule has 1 amide bonds. The molecule has 4 rings (SSSR count). The fourth-order valence-electron chi connectivity index (χ4n) is 3.44. The van der Waals surface area contributed by atoms with Crippen LogP contribution < -0.4 is 11.5 Å². The molecule has 2 aromatic heterocycles. The number of nitrogens with zero attached hydrogens (tertiary/aromatic N) is 4. The van der Waals surface area contributed by atoms with E-state index < -0.39 is 30.0 Å². The summed E-state index contributed by atoms with van der Waals surface area (Å²) in [6.45, 7) is 0. The molecular formula is C19H18F2N8O2. The van der Waals surface area contributed by atoms with Crippen LogP contribution in [0, 0.1) is 17.0 Å². The highest BCUT2D eigenvalue weighted by molar-refractivity contribution is 6.14. The number of H-pyrrole nitrogens is 1. The Labute approximate surface area is 174 Å². The number of fused-ring (bicyclic) bond motifs is 1. The number of ether oxygens (including phenoxy) is 1. The van der Waals surface area contributed by atoms with E-state index in [0.717, 1.165) is 6.20 Å². The fourth-order valence-corrected chi connectivity index (χ4v) is 3.44. The summed E-state index contributed by atoms with van der Waals surface area (Å²) in [5, 5.41) is 15.2. The smallest absolute Gasteiger partial charge is 0.405 e. The molecule has 0 spiro atoms. The normalized spacial score (nSPS) is 18.9. The van der Waals surface area contributed by atoms with Crippen LogP contribution in [0.15, 0.2) is 35.5 Å². The van der Waals surface area contributed by atoms with Crippen molar-refractivity contribution in [2.45, 2.75) is 18.7 Å². The molecule has 0 radical (unpaired) electrons. The molecule has 3 aromatic rings. The summed E-state index contributed by atoms with van der Waals surface area (Å²) in [4.78, 5) is 20.7. The molecule has 1 aromatic carbocycles. The number of nitrogens with one attached hydrogen (secondary N) is 2. The van der Waals surface area contributed by atoms with Gasteiger partial charge in [-0.05, 0) is 11.6 Å². The lowest BCUT2D eigenvalue weighted by molar-refractivity contribution is 0.0965. The van der Waals surface area contributed by atoms with Crippen molar-refractivity contribution in [2.24, 2.45) is 16.5 Å². The summed E-state index contributed by atoms with van der Waals surface area (Å²) >= 11 is 0. The first-order chi connectivity index (χ1) is 14.8. The molecule has 0 bridgehead atoms. The standard InChI is InChI=1S/C19H18F2N8O2/c1-29-16(23)14(31-19(24)30)15(22)26-18(29)13-12-9(6-8-4-2-3-5-10(8)20)11(21)7-25-17(12)28-27-13/h2-5,7,14,16,22H,6,23H2,1H3,(H2,24,30)(H,25,27,28). The van der Waals surface area contributed by atoms with E-state index in [1.807, 2.05) is 0 Å². The maximum Gasteiger partial charge on any atom is 0.405 e. The number of aromatic nitrogens is 3. The second-order valence-electron chi connectivity index (χ2n) is 6.93. The van der Waals surface area contributed by atoms with Gasteiger partial charge < -0.3 is 21.1 Å². The monoisotopic (exact) mass is 428 g/mol. The Balaban J connectivity index is 1.84. The highest BCUT2D eigenvalue weighted by Crippen LogP contribution is 2.28. The van der Waals surface area contributed by atoms with E-state index in [4.69, 9.17) is 21.6 Å². The second-order valence-corrected chi connectivity index (χ2v) is 6.93. The number of amidine groups is 2. The molecule has 3 heterocycles. The van der Waals surface area contributed by atoms with Crippen molar-refractivity contribution in [1.29, 1.82) is 5.41 Å². The summed E-state index contributed by atoms with van der Waals surface area (Å²) in [6.07, 6.45) is -2.31. The molecule has 1 aliphatic heterocycles. The third-order valence-electron chi connectivity index (χ3n) is 5.02. The van der Waals surface area contributed by atoms with Crippen molar-refractivity contribution < 1.29 is 18.3 Å². The van der Waals surface area contributed by atoms with Gasteiger partial charge in [0.1, 0.15) is 23.5 Å². The number of amides is 1. The number of aromatic amines is 1. The number of hydrogen-bond acceptors (Lipinski definition) is 7. The van der Waals surface area contributed by atoms with E-state index in [9.17, 15) is 13.6 Å². The third kappa shape index (κ3) is 3.57. The van der Waals surface area contributed by atoms with Gasteiger partial charge in [-0.2, -0.15) is 5.10 Å². The van der Waals surface area contributed by atoms with Gasteiger partial charge in [0.15, 0.2) is 23.4 Å². The van der Waals surface area contributed by atoms with Crippen LogP contribution >= 0.6 is 0 Å². The summed E-state index contributed by atoms with van der Waals surface area (Å²) in [7, 11) is 1.56. The van der Waals surface area contributed by atoms with E-state index in [-0.39, 0.29) is 40.4 Å². The molecule has 0 saturated heterocycles. The molecule has 0 fully saturated rings. The van der Waals surface area contributed by atoms with Crippen molar-refractivity contribution in [1.82, 2.24) is 20.1 Å². The molecule has 31 heavy (non-hydrogen) atoms. The Bertz CT molecular complexity index is 1220. The molecule has 2 unspecified atom stereocenters. The van der Waals surface area contributed by atoms with Gasteiger partial charge in [-0.3, -0.25) is 10.5 Å². The van der Waals surface area contributed by atoms with E-state index in [2.05, 4.69) is 20.2 Å². The lowest BCUT2D eigenvalue weighted by Crippen LogP contribution is -2.58. The van der Waals surface area contributed by atoms with Crippen LogP contribution in [-0.4, -0.2) is 57.2 Å². The Morgan fingerprint density at radius 2 is 2.06 bits per heavy atom. The zero-order valence-electron chi connectivity index (χ0n) is 16.3. The number of carbonyl (C=O) groups excluding carboxylic acids is 1. The zero-order valence-corrected chi connectivity index (χ0v) is 16.3. The topological polar surface area (TPSA) is 159 Å². The van der Waals surface area contributed by atoms with Crippen molar-refractivity contribution in [2.75, 3.05) is 7.05 Å². The van der Waals surface area contributed by atoms with Gasteiger partial charge in [-0.1, -0.05) is 18.2 Å². The van der Waals surface area contributed by atoms with Gasteiger partial charge >= 0.3 is 6.09 Å². The maximum absolute atomic E-state index is 14.8. The number of halogens is 2. The van der Waals surface area contributed by atoms with Crippen LogP contribution in [0.25, 0.3) is 11.0 Å². The van der Waals surface area contributed by atoms with Crippen molar-refractivity contribution in [3.05, 3.63) is 58.9 Å². The summed E-state index contributed by atoms with van der Waals surface area (Å²) in [5.41, 5.74) is 12.0. The first kappa shape index (κ1) is 20.3. The average Bonchev–Trinajstić information content (AvgIpc) is 3.15. The van der Waals surface area contributed by atoms with Crippen molar-refractivity contribution in [3.63, 3.8) is 0 Å². The Hall–Kier alpha value is -3.93. The minimum atomic E-state index is -1.19. The van der Waals surface area contributed by atoms with Gasteiger partial charge in [0, 0.05) is 19.0 Å². The molecule has 12 heteroatoms. The molecule has 1 aliphatic rings. The van der Waals surface area contributed by atoms with Crippen LogP contribution in [0.1, 0.15) is 16.8 Å². The first-order valence-corrected chi connectivity index (χ1v) is 9.14. The van der Waals surface area contributed by atoms with Crippen LogP contribution in [0.2, 0.25) is 0 Å². The summed E-state index contributed by atoms with van der Waals surface area (Å²) in [6, 6.07) is 6.05. The van der Waals surface area contributed by atoms with E-state index in [0.29, 0.717) is 5.56 Å². The average molecular weight is 428 g/mol. The number of nitrogens with two attached hydrogens (primary N) is 2. The van der Waals surface area contributed by atoms with Crippen molar-refractivity contribution in [3.8, 4) is 0 Å². The highest BCUT2D eigenvalue weighted by atomic mass is 19.1. The van der Waals surface area contributed by atoms with Gasteiger partial charge in [-0.25, -0.2) is 23.6 Å². The van der Waals surface area contributed by atoms with E-state index in [1.165, 1.54) is 11.0 Å². The maximum atomic E-state index is 14.8. The highest BCUT2D eigenvalue weighted by Gasteiger charge is 2.37. The lowest BCUT2D eigenvalue weighted by atomic mass is 10.00. The summed E-state index contributed by atoms with van der Waals surface area (Å²) < 4.78 is 33.9. The SMILES string of the molecule is CN1C(c2[nH]nc3ncc(F)c(Cc4ccccc4F)c23)=NC(=N)C(OC(N)=O)C1N. The van der Waals surface area contributed by atoms with E-state index >= 15 is 0 Å². The van der Waals surface area contributed by atoms with Crippen LogP contribution in [0.3, 0.4) is 0 Å². The molecule has 0 aliphatic carbocycles. The number of carbonyl (C=O) groups is 1. The number of aliphatic imine (C=N–C) groups is 1. The largest absolute Gasteiger partial charge is 0.434 e. The number of pyridine rings is 1. The van der Waals surface area contributed by atoms with Crippen molar-refractivity contribution >= 4 is 28.8 Å². The van der Waals surface area contributed by atoms with Gasteiger partial charge in [-0.15, -0.1) is 0 Å². The minimum Gasteiger partial charge on any atom is -0.434 e. The number of likely N-dealkylation sites (N-methyl/N-ethyl adjacent to an activating group) is 1. The van der Waals surface area contributed by atoms with Gasteiger partial charge in [0.25, 0.3) is 0 Å². The molecule has 160 valence electrons. The predicted molar refractivity (Wildman–Crippen MR) is 108 cm³/mol. The molecule has 10 nitrogen and oxygen atoms in total. The first-order valence-electron chi connectivity index (χ1n) is 9.14. The fraction of sp³-hybridized carbons (Fsp3) is 0.211. The van der Waals surface area contributed by atoms with E-state index in [1.54, 1.807) is 25.2 Å². The summed E-state index contributed by atoms with van der Waals surface area (Å²) in [5.74, 6) is -1.31. The Kier molecular flexibility index (Phi) is 5.07. The molecule has 2 atom stereocenters. The minimum absolute atomic E-state index is 0.0576. The molecular weight excluding hydrogens is 410 g/mol. The van der Waals surface area contributed by atoms with Gasteiger partial charge in [0.2, 0.25) is 0 Å². The predicted octanol–water partition coefficient (Wildman–Crippen LogP) is 1.24. The quantitative estimate of drug-likeness (QED) is 0.489. The number of primary amides is 1.